The van der Waals surface area contributed by atoms with Crippen LogP contribution in [0.1, 0.15) is 51.9 Å². The Morgan fingerprint density at radius 1 is 1.06 bits per heavy atom. The van der Waals surface area contributed by atoms with E-state index in [2.05, 4.69) is 18.9 Å². The number of aliphatic hydroxyl groups is 1. The predicted octanol–water partition coefficient (Wildman–Crippen LogP) is 2.91. The topological polar surface area (TPSA) is 23.5 Å². The van der Waals surface area contributed by atoms with Gasteiger partial charge >= 0.3 is 0 Å². The van der Waals surface area contributed by atoms with Gasteiger partial charge in [-0.3, -0.25) is 0 Å². The first-order chi connectivity index (χ1) is 8.19. The molecule has 2 rings (SSSR count). The minimum atomic E-state index is -0.0373. The predicted molar refractivity (Wildman–Crippen MR) is 72.0 cm³/mol. The fraction of sp³-hybridized carbons (Fsp3) is 1.00. The van der Waals surface area contributed by atoms with Crippen LogP contribution in [0, 0.1) is 17.8 Å². The molecule has 0 saturated heterocycles. The molecule has 1 N–H and O–H groups in total. The van der Waals surface area contributed by atoms with E-state index < -0.39 is 0 Å². The maximum Gasteiger partial charge on any atom is 0.0580 e. The van der Waals surface area contributed by atoms with Gasteiger partial charge in [0.15, 0.2) is 0 Å². The van der Waals surface area contributed by atoms with Crippen LogP contribution in [0.25, 0.3) is 0 Å². The zero-order valence-electron chi connectivity index (χ0n) is 11.6. The van der Waals surface area contributed by atoms with E-state index in [9.17, 15) is 5.11 Å². The van der Waals surface area contributed by atoms with E-state index >= 15 is 0 Å². The van der Waals surface area contributed by atoms with Gasteiger partial charge in [-0.2, -0.15) is 0 Å². The second-order valence-electron chi connectivity index (χ2n) is 6.46. The third-order valence-electron chi connectivity index (χ3n) is 4.56. The highest BCUT2D eigenvalue weighted by Crippen LogP contribution is 2.34. The summed E-state index contributed by atoms with van der Waals surface area (Å²) >= 11 is 0. The summed E-state index contributed by atoms with van der Waals surface area (Å²) in [6.45, 7) is 4.64. The molecular formula is C15H29NO. The molecule has 0 amide bonds. The first kappa shape index (κ1) is 13.4. The van der Waals surface area contributed by atoms with Crippen molar-refractivity contribution in [1.29, 1.82) is 0 Å². The fourth-order valence-corrected chi connectivity index (χ4v) is 3.43. The molecule has 0 spiro atoms. The quantitative estimate of drug-likeness (QED) is 0.770. The Kier molecular flexibility index (Phi) is 4.87. The van der Waals surface area contributed by atoms with Gasteiger partial charge in [0, 0.05) is 13.1 Å². The van der Waals surface area contributed by atoms with E-state index in [4.69, 9.17) is 0 Å². The first-order valence-corrected chi connectivity index (χ1v) is 7.55. The summed E-state index contributed by atoms with van der Waals surface area (Å²) in [5, 5.41) is 10.1. The Hall–Kier alpha value is -0.0800. The molecule has 0 aliphatic heterocycles. The molecule has 0 radical (unpaired) electrons. The molecule has 100 valence electrons. The van der Waals surface area contributed by atoms with Crippen LogP contribution in [-0.4, -0.2) is 36.2 Å². The lowest BCUT2D eigenvalue weighted by molar-refractivity contribution is 0.0293. The van der Waals surface area contributed by atoms with Gasteiger partial charge in [0.2, 0.25) is 0 Å². The van der Waals surface area contributed by atoms with Crippen LogP contribution in [0.5, 0.6) is 0 Å². The first-order valence-electron chi connectivity index (χ1n) is 7.55. The maximum atomic E-state index is 10.1. The normalized spacial score (nSPS) is 34.2. The zero-order chi connectivity index (χ0) is 12.3. The molecular weight excluding hydrogens is 210 g/mol. The molecule has 0 heterocycles. The van der Waals surface area contributed by atoms with Crippen LogP contribution in [0.2, 0.25) is 0 Å². The highest BCUT2D eigenvalue weighted by molar-refractivity contribution is 4.83. The standard InChI is InChI=1S/C15H29NO/c1-3-4-12-7-8-15(17)14(9-12)11-16(2)10-13-5-6-13/h12-15,17H,3-11H2,1-2H3. The van der Waals surface area contributed by atoms with Crippen molar-refractivity contribution in [3.63, 3.8) is 0 Å². The Labute approximate surface area is 106 Å². The summed E-state index contributed by atoms with van der Waals surface area (Å²) in [5.74, 6) is 2.37. The largest absolute Gasteiger partial charge is 0.393 e. The average Bonchev–Trinajstić information content (AvgIpc) is 3.07. The molecule has 0 bridgehead atoms. The third kappa shape index (κ3) is 4.26. The van der Waals surface area contributed by atoms with Crippen molar-refractivity contribution in [1.82, 2.24) is 4.90 Å². The summed E-state index contributed by atoms with van der Waals surface area (Å²) in [6.07, 6.45) is 9.01. The molecule has 2 fully saturated rings. The number of nitrogens with zero attached hydrogens (tertiary/aromatic N) is 1. The number of hydrogen-bond donors (Lipinski definition) is 1. The van der Waals surface area contributed by atoms with E-state index in [1.165, 1.54) is 45.1 Å². The molecule has 0 aromatic rings. The van der Waals surface area contributed by atoms with E-state index in [-0.39, 0.29) is 6.10 Å². The SMILES string of the molecule is CCCC1CCC(O)C(CN(C)CC2CC2)C1. The van der Waals surface area contributed by atoms with Crippen LogP contribution in [0.3, 0.4) is 0 Å². The average molecular weight is 239 g/mol. The Morgan fingerprint density at radius 3 is 2.41 bits per heavy atom. The van der Waals surface area contributed by atoms with Crippen molar-refractivity contribution in [3.05, 3.63) is 0 Å². The monoisotopic (exact) mass is 239 g/mol. The molecule has 0 aromatic heterocycles. The summed E-state index contributed by atoms with van der Waals surface area (Å²) in [4.78, 5) is 2.46. The van der Waals surface area contributed by atoms with Crippen LogP contribution in [0.4, 0.5) is 0 Å². The Balaban J connectivity index is 1.75. The molecule has 17 heavy (non-hydrogen) atoms. The van der Waals surface area contributed by atoms with Crippen molar-refractivity contribution in [2.45, 2.75) is 58.0 Å². The molecule has 3 atom stereocenters. The maximum absolute atomic E-state index is 10.1. The molecule has 2 heteroatoms. The van der Waals surface area contributed by atoms with Crippen LogP contribution in [-0.2, 0) is 0 Å². The van der Waals surface area contributed by atoms with Gasteiger partial charge in [-0.15, -0.1) is 0 Å². The zero-order valence-corrected chi connectivity index (χ0v) is 11.6. The second-order valence-corrected chi connectivity index (χ2v) is 6.46. The number of aliphatic hydroxyl groups excluding tert-OH is 1. The fourth-order valence-electron chi connectivity index (χ4n) is 3.43. The molecule has 2 aliphatic carbocycles. The lowest BCUT2D eigenvalue weighted by Crippen LogP contribution is -2.38. The van der Waals surface area contributed by atoms with E-state index in [1.807, 2.05) is 0 Å². The van der Waals surface area contributed by atoms with Gasteiger partial charge in [-0.1, -0.05) is 19.8 Å². The van der Waals surface area contributed by atoms with E-state index in [1.54, 1.807) is 0 Å². The van der Waals surface area contributed by atoms with Crippen LogP contribution < -0.4 is 0 Å². The van der Waals surface area contributed by atoms with E-state index in [0.717, 1.165) is 24.8 Å². The van der Waals surface area contributed by atoms with Gasteiger partial charge in [0.25, 0.3) is 0 Å². The van der Waals surface area contributed by atoms with Crippen LogP contribution in [0.15, 0.2) is 0 Å². The third-order valence-corrected chi connectivity index (χ3v) is 4.56. The Bertz CT molecular complexity index is 227. The number of hydrogen-bond acceptors (Lipinski definition) is 2. The lowest BCUT2D eigenvalue weighted by atomic mass is 9.77. The highest BCUT2D eigenvalue weighted by atomic mass is 16.3. The minimum Gasteiger partial charge on any atom is -0.393 e. The number of rotatable bonds is 6. The molecule has 0 aromatic carbocycles. The van der Waals surface area contributed by atoms with Gasteiger partial charge in [0.05, 0.1) is 6.10 Å². The van der Waals surface area contributed by atoms with Crippen LogP contribution >= 0.6 is 0 Å². The van der Waals surface area contributed by atoms with Gasteiger partial charge in [-0.05, 0) is 56.9 Å². The lowest BCUT2D eigenvalue weighted by Gasteiger charge is -2.35. The van der Waals surface area contributed by atoms with Crippen molar-refractivity contribution >= 4 is 0 Å². The minimum absolute atomic E-state index is 0.0373. The highest BCUT2D eigenvalue weighted by Gasteiger charge is 2.30. The summed E-state index contributed by atoms with van der Waals surface area (Å²) < 4.78 is 0. The molecule has 2 aliphatic rings. The molecule has 2 saturated carbocycles. The summed E-state index contributed by atoms with van der Waals surface area (Å²) in [5.41, 5.74) is 0. The Morgan fingerprint density at radius 2 is 1.76 bits per heavy atom. The van der Waals surface area contributed by atoms with Crippen molar-refractivity contribution in [3.8, 4) is 0 Å². The molecule has 2 nitrogen and oxygen atoms in total. The van der Waals surface area contributed by atoms with E-state index in [0.29, 0.717) is 5.92 Å². The van der Waals surface area contributed by atoms with Crippen molar-refractivity contribution in [2.75, 3.05) is 20.1 Å². The van der Waals surface area contributed by atoms with Crippen molar-refractivity contribution < 1.29 is 5.11 Å². The van der Waals surface area contributed by atoms with Crippen molar-refractivity contribution in [2.24, 2.45) is 17.8 Å². The smallest absolute Gasteiger partial charge is 0.0580 e. The summed E-state index contributed by atoms with van der Waals surface area (Å²) in [6, 6.07) is 0. The second kappa shape index (κ2) is 6.19. The van der Waals surface area contributed by atoms with Gasteiger partial charge in [0.1, 0.15) is 0 Å². The summed E-state index contributed by atoms with van der Waals surface area (Å²) in [7, 11) is 2.23. The van der Waals surface area contributed by atoms with Gasteiger partial charge < -0.3 is 10.0 Å². The molecule has 3 unspecified atom stereocenters. The van der Waals surface area contributed by atoms with Gasteiger partial charge in [-0.25, -0.2) is 0 Å².